The lowest BCUT2D eigenvalue weighted by atomic mass is 9.97. The molecule has 5 nitrogen and oxygen atoms in total. The summed E-state index contributed by atoms with van der Waals surface area (Å²) in [4.78, 5) is 6.91. The molecule has 2 rings (SSSR count). The molecular weight excluding hydrogens is 238 g/mol. The molecule has 0 spiro atoms. The first-order chi connectivity index (χ1) is 9.19. The van der Waals surface area contributed by atoms with Gasteiger partial charge in [-0.05, 0) is 37.8 Å². The van der Waals surface area contributed by atoms with Gasteiger partial charge in [0.15, 0.2) is 0 Å². The minimum atomic E-state index is 0.617. The summed E-state index contributed by atoms with van der Waals surface area (Å²) in [6.07, 6.45) is 3.45. The third-order valence-electron chi connectivity index (χ3n) is 3.70. The number of nitrogens with one attached hydrogen (secondary N) is 2. The van der Waals surface area contributed by atoms with Crippen molar-refractivity contribution >= 4 is 5.95 Å². The minimum absolute atomic E-state index is 0.617. The van der Waals surface area contributed by atoms with E-state index >= 15 is 0 Å². The molecule has 1 fully saturated rings. The Morgan fingerprint density at radius 1 is 1.37 bits per heavy atom. The second kappa shape index (κ2) is 6.89. The zero-order valence-electron chi connectivity index (χ0n) is 12.4. The molecule has 0 radical (unpaired) electrons. The largest absolute Gasteiger partial charge is 0.340 e. The van der Waals surface area contributed by atoms with Crippen LogP contribution < -0.4 is 10.2 Å². The monoisotopic (exact) mass is 265 g/mol. The van der Waals surface area contributed by atoms with E-state index in [2.05, 4.69) is 46.2 Å². The number of H-pyrrole nitrogens is 1. The lowest BCUT2D eigenvalue weighted by Gasteiger charge is -2.31. The number of anilines is 1. The Bertz CT molecular complexity index is 366. The van der Waals surface area contributed by atoms with Gasteiger partial charge in [0.1, 0.15) is 5.82 Å². The van der Waals surface area contributed by atoms with Crippen LogP contribution in [0.5, 0.6) is 0 Å². The fourth-order valence-electron chi connectivity index (χ4n) is 2.59. The molecule has 0 amide bonds. The number of aromatic amines is 1. The number of hydrogen-bond donors (Lipinski definition) is 2. The van der Waals surface area contributed by atoms with Gasteiger partial charge < -0.3 is 10.2 Å². The molecule has 1 aliphatic heterocycles. The van der Waals surface area contributed by atoms with E-state index in [9.17, 15) is 0 Å². The van der Waals surface area contributed by atoms with Crippen molar-refractivity contribution < 1.29 is 0 Å². The Balaban J connectivity index is 1.82. The topological polar surface area (TPSA) is 56.8 Å². The summed E-state index contributed by atoms with van der Waals surface area (Å²) in [5, 5.41) is 10.9. The van der Waals surface area contributed by atoms with Crippen LogP contribution in [0, 0.1) is 11.8 Å². The van der Waals surface area contributed by atoms with Crippen molar-refractivity contribution in [1.29, 1.82) is 0 Å². The molecule has 1 aliphatic rings. The average Bonchev–Trinajstić information content (AvgIpc) is 2.84. The van der Waals surface area contributed by atoms with Crippen molar-refractivity contribution in [2.75, 3.05) is 31.1 Å². The highest BCUT2D eigenvalue weighted by Gasteiger charge is 2.21. The van der Waals surface area contributed by atoms with Crippen LogP contribution in [0.2, 0.25) is 0 Å². The van der Waals surface area contributed by atoms with Gasteiger partial charge in [0, 0.05) is 19.5 Å². The van der Waals surface area contributed by atoms with Gasteiger partial charge in [0.25, 0.3) is 0 Å². The molecule has 0 unspecified atom stereocenters. The summed E-state index contributed by atoms with van der Waals surface area (Å²) < 4.78 is 0. The first kappa shape index (κ1) is 14.3. The Morgan fingerprint density at radius 3 is 2.74 bits per heavy atom. The third-order valence-corrected chi connectivity index (χ3v) is 3.70. The normalized spacial score (nSPS) is 17.4. The molecule has 1 aromatic rings. The van der Waals surface area contributed by atoms with Gasteiger partial charge in [-0.3, -0.25) is 5.10 Å². The molecule has 0 aliphatic carbocycles. The Morgan fingerprint density at radius 2 is 2.11 bits per heavy atom. The SMILES string of the molecule is CCNCC1CCN(c2n[nH]c(CC(C)C)n2)CC1. The van der Waals surface area contributed by atoms with Gasteiger partial charge in [-0.1, -0.05) is 20.8 Å². The van der Waals surface area contributed by atoms with E-state index in [-0.39, 0.29) is 0 Å². The molecule has 0 saturated carbocycles. The zero-order valence-corrected chi connectivity index (χ0v) is 12.4. The van der Waals surface area contributed by atoms with Gasteiger partial charge in [0.05, 0.1) is 0 Å². The average molecular weight is 265 g/mol. The number of nitrogens with zero attached hydrogens (tertiary/aromatic N) is 3. The molecule has 1 saturated heterocycles. The molecule has 2 N–H and O–H groups in total. The van der Waals surface area contributed by atoms with Gasteiger partial charge in [-0.25, -0.2) is 0 Å². The summed E-state index contributed by atoms with van der Waals surface area (Å²) >= 11 is 0. The first-order valence-corrected chi connectivity index (χ1v) is 7.56. The Kier molecular flexibility index (Phi) is 5.19. The van der Waals surface area contributed by atoms with Crippen LogP contribution in [0.4, 0.5) is 5.95 Å². The highest BCUT2D eigenvalue weighted by Crippen LogP contribution is 2.20. The second-order valence-electron chi connectivity index (χ2n) is 5.92. The fourth-order valence-corrected chi connectivity index (χ4v) is 2.59. The summed E-state index contributed by atoms with van der Waals surface area (Å²) in [5.41, 5.74) is 0. The van der Waals surface area contributed by atoms with Crippen LogP contribution in [-0.4, -0.2) is 41.4 Å². The second-order valence-corrected chi connectivity index (χ2v) is 5.92. The maximum atomic E-state index is 4.60. The van der Waals surface area contributed by atoms with E-state index in [0.29, 0.717) is 5.92 Å². The van der Waals surface area contributed by atoms with E-state index < -0.39 is 0 Å². The van der Waals surface area contributed by atoms with E-state index in [1.165, 1.54) is 12.8 Å². The van der Waals surface area contributed by atoms with Crippen LogP contribution in [0.25, 0.3) is 0 Å². The van der Waals surface area contributed by atoms with E-state index in [0.717, 1.165) is 50.3 Å². The van der Waals surface area contributed by atoms with Crippen molar-refractivity contribution in [1.82, 2.24) is 20.5 Å². The number of aromatic nitrogens is 3. The zero-order chi connectivity index (χ0) is 13.7. The summed E-state index contributed by atoms with van der Waals surface area (Å²) in [5.74, 6) is 3.33. The van der Waals surface area contributed by atoms with Crippen molar-refractivity contribution in [2.45, 2.75) is 40.0 Å². The highest BCUT2D eigenvalue weighted by molar-refractivity contribution is 5.29. The molecule has 1 aromatic heterocycles. The van der Waals surface area contributed by atoms with Gasteiger partial charge >= 0.3 is 0 Å². The lowest BCUT2D eigenvalue weighted by molar-refractivity contribution is 0.384. The van der Waals surface area contributed by atoms with E-state index in [1.54, 1.807) is 0 Å². The smallest absolute Gasteiger partial charge is 0.244 e. The molecule has 0 atom stereocenters. The lowest BCUT2D eigenvalue weighted by Crippen LogP contribution is -2.37. The van der Waals surface area contributed by atoms with Crippen molar-refractivity contribution in [2.24, 2.45) is 11.8 Å². The van der Waals surface area contributed by atoms with E-state index in [1.807, 2.05) is 0 Å². The molecular formula is C14H27N5. The van der Waals surface area contributed by atoms with Gasteiger partial charge in [0.2, 0.25) is 5.95 Å². The van der Waals surface area contributed by atoms with Crippen LogP contribution >= 0.6 is 0 Å². The van der Waals surface area contributed by atoms with Gasteiger partial charge in [-0.15, -0.1) is 5.10 Å². The van der Waals surface area contributed by atoms with Gasteiger partial charge in [-0.2, -0.15) is 4.98 Å². The first-order valence-electron chi connectivity index (χ1n) is 7.56. The predicted octanol–water partition coefficient (Wildman–Crippen LogP) is 1.83. The maximum absolute atomic E-state index is 4.60. The van der Waals surface area contributed by atoms with Crippen LogP contribution in [0.15, 0.2) is 0 Å². The van der Waals surface area contributed by atoms with Crippen LogP contribution in [0.3, 0.4) is 0 Å². The fraction of sp³-hybridized carbons (Fsp3) is 0.857. The number of piperidine rings is 1. The predicted molar refractivity (Wildman–Crippen MR) is 78.4 cm³/mol. The summed E-state index contributed by atoms with van der Waals surface area (Å²) in [7, 11) is 0. The molecule has 2 heterocycles. The quantitative estimate of drug-likeness (QED) is 0.824. The number of hydrogen-bond acceptors (Lipinski definition) is 4. The number of rotatable bonds is 6. The standard InChI is InChI=1S/C14H27N5/c1-4-15-10-12-5-7-19(8-6-12)14-16-13(17-18-14)9-11(2)3/h11-12,15H,4-10H2,1-3H3,(H,16,17,18). The van der Waals surface area contributed by atoms with Crippen molar-refractivity contribution in [3.8, 4) is 0 Å². The summed E-state index contributed by atoms with van der Waals surface area (Å²) in [6.45, 7) is 10.9. The Hall–Kier alpha value is -1.10. The molecule has 0 aromatic carbocycles. The molecule has 108 valence electrons. The maximum Gasteiger partial charge on any atom is 0.244 e. The van der Waals surface area contributed by atoms with Crippen molar-refractivity contribution in [3.63, 3.8) is 0 Å². The van der Waals surface area contributed by atoms with Crippen LogP contribution in [0.1, 0.15) is 39.4 Å². The molecule has 0 bridgehead atoms. The van der Waals surface area contributed by atoms with E-state index in [4.69, 9.17) is 0 Å². The summed E-state index contributed by atoms with van der Waals surface area (Å²) in [6, 6.07) is 0. The molecule has 19 heavy (non-hydrogen) atoms. The Labute approximate surface area is 116 Å². The highest BCUT2D eigenvalue weighted by atomic mass is 15.4. The van der Waals surface area contributed by atoms with Crippen molar-refractivity contribution in [3.05, 3.63) is 5.82 Å². The third kappa shape index (κ3) is 4.20. The molecule has 5 heteroatoms. The minimum Gasteiger partial charge on any atom is -0.340 e. The van der Waals surface area contributed by atoms with Crippen LogP contribution in [-0.2, 0) is 6.42 Å².